The fourth-order valence-corrected chi connectivity index (χ4v) is 2.35. The molecule has 4 N–H and O–H groups in total. The number of rotatable bonds is 4. The van der Waals surface area contributed by atoms with Crippen LogP contribution in [0.2, 0.25) is 0 Å². The van der Waals surface area contributed by atoms with Gasteiger partial charge in [0, 0.05) is 24.5 Å². The molecule has 1 aromatic carbocycles. The summed E-state index contributed by atoms with van der Waals surface area (Å²) < 4.78 is 24.1. The van der Waals surface area contributed by atoms with Crippen molar-refractivity contribution in [3.8, 4) is 0 Å². The Morgan fingerprint density at radius 1 is 1.29 bits per heavy atom. The van der Waals surface area contributed by atoms with Crippen LogP contribution in [0.1, 0.15) is 6.92 Å². The van der Waals surface area contributed by atoms with Crippen LogP contribution in [0.3, 0.4) is 0 Å². The van der Waals surface area contributed by atoms with E-state index in [1.54, 1.807) is 16.8 Å². The minimum absolute atomic E-state index is 0.0496. The Hall–Kier alpha value is -1.97. The van der Waals surface area contributed by atoms with Gasteiger partial charge >= 0.3 is 0 Å². The van der Waals surface area contributed by atoms with Crippen molar-refractivity contribution in [2.75, 3.05) is 10.6 Å². The average molecular weight is 325 g/mol. The van der Waals surface area contributed by atoms with Gasteiger partial charge in [-0.25, -0.2) is 13.6 Å². The number of primary sulfonamides is 1. The van der Waals surface area contributed by atoms with Gasteiger partial charge in [-0.3, -0.25) is 4.68 Å². The minimum Gasteiger partial charge on any atom is -0.332 e. The number of hydrogen-bond donors (Lipinski definition) is 3. The summed E-state index contributed by atoms with van der Waals surface area (Å²) in [6.07, 6.45) is 1.84. The first-order valence-corrected chi connectivity index (χ1v) is 8.08. The molecule has 0 atom stereocenters. The van der Waals surface area contributed by atoms with E-state index in [9.17, 15) is 8.42 Å². The highest BCUT2D eigenvalue weighted by atomic mass is 32.2. The Morgan fingerprint density at radius 3 is 2.48 bits per heavy atom. The SMILES string of the molecule is CCn1ccc(NC(=S)Nc2ccc(S(N)(=O)=O)cc2)n1. The third-order valence-electron chi connectivity index (χ3n) is 2.65. The van der Waals surface area contributed by atoms with Crippen molar-refractivity contribution < 1.29 is 8.42 Å². The van der Waals surface area contributed by atoms with E-state index in [-0.39, 0.29) is 4.90 Å². The molecule has 2 rings (SSSR count). The lowest BCUT2D eigenvalue weighted by molar-refractivity contribution is 0.598. The zero-order valence-electron chi connectivity index (χ0n) is 11.3. The molecule has 0 unspecified atom stereocenters. The minimum atomic E-state index is -3.69. The van der Waals surface area contributed by atoms with E-state index < -0.39 is 10.0 Å². The number of nitrogens with zero attached hydrogens (tertiary/aromatic N) is 2. The Labute approximate surface area is 128 Å². The number of benzene rings is 1. The second-order valence-electron chi connectivity index (χ2n) is 4.21. The number of aryl methyl sites for hydroxylation is 1. The Kier molecular flexibility index (Phi) is 4.56. The lowest BCUT2D eigenvalue weighted by Crippen LogP contribution is -2.19. The van der Waals surface area contributed by atoms with Crippen LogP contribution in [0.25, 0.3) is 0 Å². The fourth-order valence-electron chi connectivity index (χ4n) is 1.61. The predicted molar refractivity (Wildman–Crippen MR) is 85.6 cm³/mol. The lowest BCUT2D eigenvalue weighted by Gasteiger charge is -2.09. The van der Waals surface area contributed by atoms with Gasteiger partial charge in [-0.15, -0.1) is 0 Å². The highest BCUT2D eigenvalue weighted by Gasteiger charge is 2.07. The summed E-state index contributed by atoms with van der Waals surface area (Å²) in [5.74, 6) is 0.635. The molecule has 0 bridgehead atoms. The van der Waals surface area contributed by atoms with Gasteiger partial charge in [0.1, 0.15) is 0 Å². The fraction of sp³-hybridized carbons (Fsp3) is 0.167. The first-order valence-electron chi connectivity index (χ1n) is 6.13. The van der Waals surface area contributed by atoms with Crippen molar-refractivity contribution in [1.29, 1.82) is 0 Å². The molecule has 0 saturated carbocycles. The molecule has 0 radical (unpaired) electrons. The number of anilines is 2. The van der Waals surface area contributed by atoms with Crippen molar-refractivity contribution in [3.05, 3.63) is 36.5 Å². The zero-order valence-corrected chi connectivity index (χ0v) is 12.9. The summed E-state index contributed by atoms with van der Waals surface area (Å²) in [7, 11) is -3.69. The van der Waals surface area contributed by atoms with Crippen LogP contribution in [-0.4, -0.2) is 23.3 Å². The quantitative estimate of drug-likeness (QED) is 0.734. The lowest BCUT2D eigenvalue weighted by atomic mass is 10.3. The molecule has 0 aliphatic heterocycles. The molecule has 0 saturated heterocycles. The van der Waals surface area contributed by atoms with Gasteiger partial charge in [0.2, 0.25) is 10.0 Å². The Balaban J connectivity index is 1.99. The second-order valence-corrected chi connectivity index (χ2v) is 6.17. The van der Waals surface area contributed by atoms with Gasteiger partial charge in [-0.05, 0) is 43.4 Å². The normalized spacial score (nSPS) is 11.1. The number of sulfonamides is 1. The smallest absolute Gasteiger partial charge is 0.238 e. The second kappa shape index (κ2) is 6.20. The van der Waals surface area contributed by atoms with E-state index in [1.807, 2.05) is 19.2 Å². The van der Waals surface area contributed by atoms with Gasteiger partial charge in [0.05, 0.1) is 4.90 Å². The van der Waals surface area contributed by atoms with Gasteiger partial charge < -0.3 is 10.6 Å². The molecule has 0 fully saturated rings. The maximum Gasteiger partial charge on any atom is 0.238 e. The van der Waals surface area contributed by atoms with E-state index in [2.05, 4.69) is 15.7 Å². The number of thiocarbonyl (C=S) groups is 1. The topological polar surface area (TPSA) is 102 Å². The molecule has 0 aliphatic carbocycles. The van der Waals surface area contributed by atoms with Gasteiger partial charge in [-0.2, -0.15) is 5.10 Å². The maximum atomic E-state index is 11.1. The van der Waals surface area contributed by atoms with Crippen LogP contribution in [0.5, 0.6) is 0 Å². The number of hydrogen-bond acceptors (Lipinski definition) is 4. The highest BCUT2D eigenvalue weighted by Crippen LogP contribution is 2.13. The largest absolute Gasteiger partial charge is 0.332 e. The first-order chi connectivity index (χ1) is 9.88. The third kappa shape index (κ3) is 4.25. The Morgan fingerprint density at radius 2 is 1.95 bits per heavy atom. The molecule has 112 valence electrons. The molecule has 1 heterocycles. The van der Waals surface area contributed by atoms with Gasteiger partial charge in [0.15, 0.2) is 10.9 Å². The summed E-state index contributed by atoms with van der Waals surface area (Å²) >= 11 is 5.16. The summed E-state index contributed by atoms with van der Waals surface area (Å²) in [6, 6.07) is 7.79. The van der Waals surface area contributed by atoms with E-state index in [4.69, 9.17) is 17.4 Å². The van der Waals surface area contributed by atoms with E-state index in [1.165, 1.54) is 12.1 Å². The molecule has 9 heteroatoms. The van der Waals surface area contributed by atoms with Crippen LogP contribution >= 0.6 is 12.2 Å². The number of nitrogens with one attached hydrogen (secondary N) is 2. The molecule has 21 heavy (non-hydrogen) atoms. The average Bonchev–Trinajstić information content (AvgIpc) is 2.85. The summed E-state index contributed by atoms with van der Waals surface area (Å²) in [5.41, 5.74) is 0.648. The molecule has 0 amide bonds. The van der Waals surface area contributed by atoms with Crippen molar-refractivity contribution >= 4 is 38.9 Å². The standard InChI is InChI=1S/C12H15N5O2S2/c1-2-17-8-7-11(16-17)15-12(20)14-9-3-5-10(6-4-9)21(13,18)19/h3-8H,2H2,1H3,(H2,13,18,19)(H2,14,15,16,20). The zero-order chi connectivity index (χ0) is 15.5. The van der Waals surface area contributed by atoms with Crippen LogP contribution in [-0.2, 0) is 16.6 Å². The number of aromatic nitrogens is 2. The molecule has 1 aromatic heterocycles. The molecular formula is C12H15N5O2S2. The summed E-state index contributed by atoms with van der Waals surface area (Å²) in [4.78, 5) is 0.0496. The molecule has 2 aromatic rings. The van der Waals surface area contributed by atoms with Gasteiger partial charge in [0.25, 0.3) is 0 Å². The van der Waals surface area contributed by atoms with Crippen molar-refractivity contribution in [3.63, 3.8) is 0 Å². The van der Waals surface area contributed by atoms with Crippen LogP contribution in [0, 0.1) is 0 Å². The van der Waals surface area contributed by atoms with E-state index in [0.29, 0.717) is 16.6 Å². The van der Waals surface area contributed by atoms with E-state index in [0.717, 1.165) is 6.54 Å². The summed E-state index contributed by atoms with van der Waals surface area (Å²) in [5, 5.41) is 15.5. The highest BCUT2D eigenvalue weighted by molar-refractivity contribution is 7.89. The Bertz CT molecular complexity index is 737. The maximum absolute atomic E-state index is 11.1. The first kappa shape index (κ1) is 15.4. The molecule has 0 aliphatic rings. The molecule has 7 nitrogen and oxygen atoms in total. The number of nitrogens with two attached hydrogens (primary N) is 1. The van der Waals surface area contributed by atoms with Crippen molar-refractivity contribution in [1.82, 2.24) is 9.78 Å². The van der Waals surface area contributed by atoms with Crippen molar-refractivity contribution in [2.45, 2.75) is 18.4 Å². The van der Waals surface area contributed by atoms with Crippen LogP contribution in [0.4, 0.5) is 11.5 Å². The van der Waals surface area contributed by atoms with Crippen molar-refractivity contribution in [2.24, 2.45) is 5.14 Å². The monoisotopic (exact) mass is 325 g/mol. The van der Waals surface area contributed by atoms with Crippen LogP contribution in [0.15, 0.2) is 41.4 Å². The molecular weight excluding hydrogens is 310 g/mol. The summed E-state index contributed by atoms with van der Waals surface area (Å²) in [6.45, 7) is 2.76. The van der Waals surface area contributed by atoms with E-state index >= 15 is 0 Å². The molecule has 0 spiro atoms. The third-order valence-corrected chi connectivity index (χ3v) is 3.78. The predicted octanol–water partition coefficient (Wildman–Crippen LogP) is 1.36. The van der Waals surface area contributed by atoms with Gasteiger partial charge in [-0.1, -0.05) is 0 Å². The van der Waals surface area contributed by atoms with Crippen LogP contribution < -0.4 is 15.8 Å².